The molecule has 0 atom stereocenters. The summed E-state index contributed by atoms with van der Waals surface area (Å²) in [4.78, 5) is 22.4. The van der Waals surface area contributed by atoms with Gasteiger partial charge in [-0.3, -0.25) is 20.2 Å². The van der Waals surface area contributed by atoms with Crippen LogP contribution in [0, 0.1) is 10.1 Å². The first-order chi connectivity index (χ1) is 12.8. The number of hydrogen-bond donors (Lipinski definition) is 1. The number of rotatable bonds is 5. The van der Waals surface area contributed by atoms with E-state index in [0.717, 1.165) is 5.56 Å². The van der Waals surface area contributed by atoms with Crippen molar-refractivity contribution < 1.29 is 9.72 Å². The van der Waals surface area contributed by atoms with Gasteiger partial charge in [-0.05, 0) is 29.8 Å². The van der Waals surface area contributed by atoms with E-state index in [9.17, 15) is 14.9 Å². The third-order valence-electron chi connectivity index (χ3n) is 3.45. The molecule has 0 aliphatic heterocycles. The highest BCUT2D eigenvalue weighted by Crippen LogP contribution is 2.27. The Kier molecular flexibility index (Phi) is 5.91. The number of aromatic nitrogens is 2. The lowest BCUT2D eigenvalue weighted by Crippen LogP contribution is -2.11. The number of carbonyl (C=O) groups excluding carboxylic acids is 1. The molecule has 0 aliphatic carbocycles. The fourth-order valence-electron chi connectivity index (χ4n) is 2.17. The average molecular weight is 444 g/mol. The summed E-state index contributed by atoms with van der Waals surface area (Å²) in [5.74, 6) is -0.501. The Morgan fingerprint density at radius 3 is 2.56 bits per heavy atom. The second kappa shape index (κ2) is 8.18. The van der Waals surface area contributed by atoms with Gasteiger partial charge in [0.05, 0.1) is 4.92 Å². The summed E-state index contributed by atoms with van der Waals surface area (Å²) in [5.41, 5.74) is 0.728. The van der Waals surface area contributed by atoms with Crippen molar-refractivity contribution in [2.45, 2.75) is 6.42 Å². The quantitative estimate of drug-likeness (QED) is 0.429. The second-order valence-electron chi connectivity index (χ2n) is 5.29. The maximum Gasteiger partial charge on any atom is 0.287 e. The molecule has 0 radical (unpaired) electrons. The third kappa shape index (κ3) is 4.72. The molecule has 0 bridgehead atoms. The van der Waals surface area contributed by atoms with Crippen molar-refractivity contribution in [3.63, 3.8) is 0 Å². The van der Waals surface area contributed by atoms with Crippen LogP contribution in [-0.4, -0.2) is 21.0 Å². The molecule has 0 unspecified atom stereocenters. The average Bonchev–Trinajstić information content (AvgIpc) is 3.04. The number of nitro groups is 1. The van der Waals surface area contributed by atoms with Crippen molar-refractivity contribution >= 4 is 62.9 Å². The minimum absolute atomic E-state index is 0.122. The van der Waals surface area contributed by atoms with E-state index in [1.54, 1.807) is 18.2 Å². The van der Waals surface area contributed by atoms with Crippen molar-refractivity contribution in [2.24, 2.45) is 0 Å². The minimum atomic E-state index is -0.622. The summed E-state index contributed by atoms with van der Waals surface area (Å²) in [5, 5.41) is 23.2. The van der Waals surface area contributed by atoms with Crippen LogP contribution in [0.4, 0.5) is 10.8 Å². The van der Waals surface area contributed by atoms with Crippen LogP contribution in [-0.2, 0) is 6.42 Å². The van der Waals surface area contributed by atoms with Gasteiger partial charge in [-0.2, -0.15) is 0 Å². The summed E-state index contributed by atoms with van der Waals surface area (Å²) in [6.07, 6.45) is 0.437. The molecule has 0 fully saturated rings. The first-order valence-electron chi connectivity index (χ1n) is 7.35. The molecule has 0 spiro atoms. The first-order valence-corrected chi connectivity index (χ1v) is 9.30. The van der Waals surface area contributed by atoms with Gasteiger partial charge in [0.15, 0.2) is 0 Å². The van der Waals surface area contributed by atoms with Crippen LogP contribution in [0.5, 0.6) is 0 Å². The monoisotopic (exact) mass is 442 g/mol. The Labute approximate surface area is 172 Å². The summed E-state index contributed by atoms with van der Waals surface area (Å²) in [6, 6.07) is 8.87. The second-order valence-corrected chi connectivity index (χ2v) is 7.60. The van der Waals surface area contributed by atoms with Crippen LogP contribution < -0.4 is 5.32 Å². The van der Waals surface area contributed by atoms with E-state index in [1.807, 2.05) is 0 Å². The number of amides is 1. The number of carbonyl (C=O) groups is 1. The van der Waals surface area contributed by atoms with E-state index < -0.39 is 10.8 Å². The lowest BCUT2D eigenvalue weighted by atomic mass is 10.2. The van der Waals surface area contributed by atoms with Crippen molar-refractivity contribution in [3.05, 3.63) is 77.7 Å². The molecular formula is C16H9Cl3N4O3S. The standard InChI is InChI=1S/C16H9Cl3N4O3S/c17-10-3-1-8(11(18)7-10)6-14-21-22-16(27-14)20-15(24)9-2-4-13(23(25)26)12(19)5-9/h1-5,7H,6H2,(H,20,22,24). The highest BCUT2D eigenvalue weighted by molar-refractivity contribution is 7.15. The fraction of sp³-hybridized carbons (Fsp3) is 0.0625. The van der Waals surface area contributed by atoms with E-state index in [0.29, 0.717) is 21.5 Å². The number of nitrogens with one attached hydrogen (secondary N) is 1. The molecule has 7 nitrogen and oxygen atoms in total. The number of halogens is 3. The van der Waals surface area contributed by atoms with Gasteiger partial charge in [0.25, 0.3) is 11.6 Å². The van der Waals surface area contributed by atoms with Crippen molar-refractivity contribution in [1.29, 1.82) is 0 Å². The van der Waals surface area contributed by atoms with Crippen LogP contribution in [0.2, 0.25) is 15.1 Å². The topological polar surface area (TPSA) is 98.0 Å². The van der Waals surface area contributed by atoms with Gasteiger partial charge < -0.3 is 0 Å². The lowest BCUT2D eigenvalue weighted by molar-refractivity contribution is -0.384. The maximum absolute atomic E-state index is 12.3. The van der Waals surface area contributed by atoms with Gasteiger partial charge in [0, 0.05) is 28.1 Å². The van der Waals surface area contributed by atoms with Gasteiger partial charge in [-0.15, -0.1) is 10.2 Å². The van der Waals surface area contributed by atoms with E-state index in [1.165, 1.54) is 29.5 Å². The fourth-order valence-corrected chi connectivity index (χ4v) is 3.65. The summed E-state index contributed by atoms with van der Waals surface area (Å²) < 4.78 is 0. The molecule has 138 valence electrons. The smallest absolute Gasteiger partial charge is 0.287 e. The maximum atomic E-state index is 12.3. The van der Waals surface area contributed by atoms with Gasteiger partial charge in [0.1, 0.15) is 10.0 Å². The van der Waals surface area contributed by atoms with E-state index in [2.05, 4.69) is 15.5 Å². The zero-order chi connectivity index (χ0) is 19.6. The molecule has 1 aromatic heterocycles. The Morgan fingerprint density at radius 1 is 1.11 bits per heavy atom. The molecule has 1 heterocycles. The van der Waals surface area contributed by atoms with Gasteiger partial charge >= 0.3 is 0 Å². The van der Waals surface area contributed by atoms with Crippen LogP contribution in [0.3, 0.4) is 0 Å². The van der Waals surface area contributed by atoms with Crippen LogP contribution in [0.15, 0.2) is 36.4 Å². The SMILES string of the molecule is O=C(Nc1nnc(Cc2ccc(Cl)cc2Cl)s1)c1ccc([N+](=O)[O-])c(Cl)c1. The molecule has 3 aromatic rings. The van der Waals surface area contributed by atoms with Crippen LogP contribution >= 0.6 is 46.1 Å². The van der Waals surface area contributed by atoms with Crippen LogP contribution in [0.25, 0.3) is 0 Å². The number of hydrogen-bond acceptors (Lipinski definition) is 6. The van der Waals surface area contributed by atoms with Crippen molar-refractivity contribution in [3.8, 4) is 0 Å². The normalized spacial score (nSPS) is 10.6. The Balaban J connectivity index is 1.71. The molecule has 11 heteroatoms. The Morgan fingerprint density at radius 2 is 1.89 bits per heavy atom. The number of nitro benzene ring substituents is 1. The molecule has 0 saturated carbocycles. The zero-order valence-corrected chi connectivity index (χ0v) is 16.4. The minimum Gasteiger partial charge on any atom is -0.296 e. The molecule has 3 rings (SSSR count). The highest BCUT2D eigenvalue weighted by Gasteiger charge is 2.17. The van der Waals surface area contributed by atoms with Crippen LogP contribution in [0.1, 0.15) is 20.9 Å². The summed E-state index contributed by atoms with van der Waals surface area (Å²) >= 11 is 19.0. The molecule has 0 saturated heterocycles. The number of benzene rings is 2. The lowest BCUT2D eigenvalue weighted by Gasteiger charge is -2.02. The summed E-state index contributed by atoms with van der Waals surface area (Å²) in [6.45, 7) is 0. The largest absolute Gasteiger partial charge is 0.296 e. The Bertz CT molecular complexity index is 1040. The van der Waals surface area contributed by atoms with E-state index in [-0.39, 0.29) is 21.4 Å². The molecular weight excluding hydrogens is 435 g/mol. The zero-order valence-electron chi connectivity index (χ0n) is 13.3. The van der Waals surface area contributed by atoms with Crippen molar-refractivity contribution in [2.75, 3.05) is 5.32 Å². The Hall–Kier alpha value is -2.26. The molecule has 27 heavy (non-hydrogen) atoms. The predicted molar refractivity (Wildman–Crippen MR) is 105 cm³/mol. The molecule has 2 aromatic carbocycles. The van der Waals surface area contributed by atoms with E-state index >= 15 is 0 Å². The van der Waals surface area contributed by atoms with E-state index in [4.69, 9.17) is 34.8 Å². The summed E-state index contributed by atoms with van der Waals surface area (Å²) in [7, 11) is 0. The predicted octanol–water partition coefficient (Wildman–Crippen LogP) is 5.25. The molecule has 0 aliphatic rings. The highest BCUT2D eigenvalue weighted by atomic mass is 35.5. The molecule has 1 amide bonds. The number of nitrogens with zero attached hydrogens (tertiary/aromatic N) is 3. The van der Waals surface area contributed by atoms with Gasteiger partial charge in [-0.1, -0.05) is 52.2 Å². The third-order valence-corrected chi connectivity index (χ3v) is 5.18. The molecule has 1 N–H and O–H groups in total. The number of anilines is 1. The van der Waals surface area contributed by atoms with Gasteiger partial charge in [0.2, 0.25) is 5.13 Å². The first kappa shape index (κ1) is 19.5. The van der Waals surface area contributed by atoms with Crippen molar-refractivity contribution in [1.82, 2.24) is 10.2 Å². The van der Waals surface area contributed by atoms with Gasteiger partial charge in [-0.25, -0.2) is 0 Å².